The van der Waals surface area contributed by atoms with Gasteiger partial charge in [0.15, 0.2) is 0 Å². The van der Waals surface area contributed by atoms with Crippen LogP contribution < -0.4 is 4.74 Å². The first-order chi connectivity index (χ1) is 5.16. The van der Waals surface area contributed by atoms with Gasteiger partial charge in [-0.2, -0.15) is 0 Å². The highest BCUT2D eigenvalue weighted by atomic mass is 35.5. The van der Waals surface area contributed by atoms with E-state index < -0.39 is 0 Å². The lowest BCUT2D eigenvalue weighted by Crippen LogP contribution is -1.93. The number of rotatable bonds is 1. The Morgan fingerprint density at radius 3 is 2.55 bits per heavy atom. The molecule has 0 N–H and O–H groups in total. The average molecular weight is 171 g/mol. The van der Waals surface area contributed by atoms with Gasteiger partial charge in [0.2, 0.25) is 0 Å². The van der Waals surface area contributed by atoms with E-state index in [-0.39, 0.29) is 0 Å². The normalized spacial score (nSPS) is 9.82. The van der Waals surface area contributed by atoms with Crippen molar-refractivity contribution < 1.29 is 4.74 Å². The van der Waals surface area contributed by atoms with Crippen LogP contribution >= 0.6 is 11.6 Å². The quantitative estimate of drug-likeness (QED) is 0.603. The van der Waals surface area contributed by atoms with Gasteiger partial charge in [0, 0.05) is 11.1 Å². The maximum atomic E-state index is 5.74. The van der Waals surface area contributed by atoms with Crippen LogP contribution in [0.3, 0.4) is 0 Å². The van der Waals surface area contributed by atoms with Crippen molar-refractivity contribution in [1.82, 2.24) is 4.98 Å². The number of halogens is 1. The first-order valence-corrected chi connectivity index (χ1v) is 3.63. The second-order valence-corrected chi connectivity index (χ2v) is 2.66. The third kappa shape index (κ3) is 1.46. The molecule has 11 heavy (non-hydrogen) atoms. The van der Waals surface area contributed by atoms with Crippen LogP contribution in [-0.2, 0) is 0 Å². The predicted molar refractivity (Wildman–Crippen MR) is 44.1 cm³/mol. The zero-order valence-corrected chi connectivity index (χ0v) is 7.49. The molecular formula is C8H9ClNO. The molecule has 1 radical (unpaired) electrons. The van der Waals surface area contributed by atoms with Gasteiger partial charge in [-0.1, -0.05) is 11.6 Å². The SMILES string of the molecule is COc1c(C)[c]nc(Cl)c1C. The largest absolute Gasteiger partial charge is 0.496 e. The summed E-state index contributed by atoms with van der Waals surface area (Å²) in [5, 5.41) is 0.451. The lowest BCUT2D eigenvalue weighted by Gasteiger charge is -2.07. The summed E-state index contributed by atoms with van der Waals surface area (Å²) in [6.45, 7) is 3.75. The molecule has 0 aromatic carbocycles. The summed E-state index contributed by atoms with van der Waals surface area (Å²) in [5.41, 5.74) is 1.75. The fourth-order valence-electron chi connectivity index (χ4n) is 0.949. The number of aryl methyl sites for hydroxylation is 1. The van der Waals surface area contributed by atoms with Gasteiger partial charge in [-0.05, 0) is 13.8 Å². The van der Waals surface area contributed by atoms with E-state index in [9.17, 15) is 0 Å². The highest BCUT2D eigenvalue weighted by Gasteiger charge is 2.06. The van der Waals surface area contributed by atoms with Crippen molar-refractivity contribution >= 4 is 11.6 Å². The van der Waals surface area contributed by atoms with Gasteiger partial charge >= 0.3 is 0 Å². The molecular weight excluding hydrogens is 162 g/mol. The van der Waals surface area contributed by atoms with E-state index in [0.717, 1.165) is 16.9 Å². The molecule has 0 fully saturated rings. The van der Waals surface area contributed by atoms with Gasteiger partial charge in [-0.15, -0.1) is 0 Å². The van der Waals surface area contributed by atoms with E-state index in [0.29, 0.717) is 5.15 Å². The van der Waals surface area contributed by atoms with Crippen LogP contribution in [0, 0.1) is 20.0 Å². The highest BCUT2D eigenvalue weighted by Crippen LogP contribution is 2.25. The zero-order valence-electron chi connectivity index (χ0n) is 6.73. The van der Waals surface area contributed by atoms with Crippen LogP contribution in [0.5, 0.6) is 5.75 Å². The molecule has 0 aliphatic carbocycles. The molecule has 1 rings (SSSR count). The molecule has 0 atom stereocenters. The minimum Gasteiger partial charge on any atom is -0.496 e. The van der Waals surface area contributed by atoms with Gasteiger partial charge in [-0.3, -0.25) is 0 Å². The molecule has 0 unspecified atom stereocenters. The van der Waals surface area contributed by atoms with E-state index in [1.54, 1.807) is 7.11 Å². The molecule has 0 amide bonds. The number of ether oxygens (including phenoxy) is 1. The summed E-state index contributed by atoms with van der Waals surface area (Å²) < 4.78 is 5.10. The summed E-state index contributed by atoms with van der Waals surface area (Å²) in [6, 6.07) is 0. The van der Waals surface area contributed by atoms with Crippen LogP contribution in [0.25, 0.3) is 0 Å². The number of nitrogens with zero attached hydrogens (tertiary/aromatic N) is 1. The lowest BCUT2D eigenvalue weighted by molar-refractivity contribution is 0.407. The van der Waals surface area contributed by atoms with Crippen molar-refractivity contribution in [3.05, 3.63) is 22.5 Å². The van der Waals surface area contributed by atoms with E-state index in [1.165, 1.54) is 0 Å². The molecule has 1 aromatic rings. The number of methoxy groups -OCH3 is 1. The first kappa shape index (κ1) is 8.34. The summed E-state index contributed by atoms with van der Waals surface area (Å²) in [6.07, 6.45) is 2.75. The third-order valence-corrected chi connectivity index (χ3v) is 1.88. The Bertz CT molecular complexity index is 273. The summed E-state index contributed by atoms with van der Waals surface area (Å²) in [7, 11) is 1.61. The zero-order chi connectivity index (χ0) is 8.43. The van der Waals surface area contributed by atoms with Gasteiger partial charge in [0.05, 0.1) is 13.3 Å². The molecule has 0 bridgehead atoms. The second kappa shape index (κ2) is 3.09. The monoisotopic (exact) mass is 170 g/mol. The van der Waals surface area contributed by atoms with Gasteiger partial charge in [0.25, 0.3) is 0 Å². The Hall–Kier alpha value is -0.760. The number of hydrogen-bond donors (Lipinski definition) is 0. The second-order valence-electron chi connectivity index (χ2n) is 2.30. The average Bonchev–Trinajstić information content (AvgIpc) is 1.99. The van der Waals surface area contributed by atoms with Gasteiger partial charge < -0.3 is 4.74 Å². The van der Waals surface area contributed by atoms with Crippen molar-refractivity contribution in [2.75, 3.05) is 7.11 Å². The standard InChI is InChI=1S/C8H9ClNO/c1-5-4-10-8(9)6(2)7(5)11-3/h1-3H3. The molecule has 0 aliphatic rings. The topological polar surface area (TPSA) is 22.1 Å². The smallest absolute Gasteiger partial charge is 0.136 e. The lowest BCUT2D eigenvalue weighted by atomic mass is 10.2. The number of hydrogen-bond acceptors (Lipinski definition) is 2. The minimum absolute atomic E-state index is 0.451. The summed E-state index contributed by atoms with van der Waals surface area (Å²) in [5.74, 6) is 0.769. The Kier molecular flexibility index (Phi) is 2.35. The molecule has 59 valence electrons. The number of aromatic nitrogens is 1. The van der Waals surface area contributed by atoms with Crippen molar-refractivity contribution in [3.63, 3.8) is 0 Å². The Balaban J connectivity index is 3.29. The molecule has 0 saturated heterocycles. The van der Waals surface area contributed by atoms with Crippen molar-refractivity contribution in [1.29, 1.82) is 0 Å². The minimum atomic E-state index is 0.451. The number of pyridine rings is 1. The van der Waals surface area contributed by atoms with E-state index in [4.69, 9.17) is 16.3 Å². The van der Waals surface area contributed by atoms with E-state index >= 15 is 0 Å². The van der Waals surface area contributed by atoms with Crippen LogP contribution in [0.2, 0.25) is 5.15 Å². The van der Waals surface area contributed by atoms with Crippen LogP contribution in [-0.4, -0.2) is 12.1 Å². The first-order valence-electron chi connectivity index (χ1n) is 3.25. The summed E-state index contributed by atoms with van der Waals surface area (Å²) in [4.78, 5) is 3.85. The fourth-order valence-corrected chi connectivity index (χ4v) is 1.08. The Labute approximate surface area is 71.2 Å². The van der Waals surface area contributed by atoms with Crippen molar-refractivity contribution in [3.8, 4) is 5.75 Å². The van der Waals surface area contributed by atoms with E-state index in [1.807, 2.05) is 13.8 Å². The molecule has 0 spiro atoms. The van der Waals surface area contributed by atoms with Gasteiger partial charge in [0.1, 0.15) is 10.9 Å². The van der Waals surface area contributed by atoms with Crippen LogP contribution in [0.1, 0.15) is 11.1 Å². The summed E-state index contributed by atoms with van der Waals surface area (Å²) >= 11 is 5.74. The molecule has 1 aromatic heterocycles. The highest BCUT2D eigenvalue weighted by molar-refractivity contribution is 6.30. The van der Waals surface area contributed by atoms with Crippen molar-refractivity contribution in [2.24, 2.45) is 0 Å². The Morgan fingerprint density at radius 2 is 2.09 bits per heavy atom. The maximum Gasteiger partial charge on any atom is 0.136 e. The van der Waals surface area contributed by atoms with Crippen LogP contribution in [0.4, 0.5) is 0 Å². The van der Waals surface area contributed by atoms with Gasteiger partial charge in [-0.25, -0.2) is 4.98 Å². The Morgan fingerprint density at radius 1 is 1.45 bits per heavy atom. The molecule has 1 heterocycles. The predicted octanol–water partition coefficient (Wildman–Crippen LogP) is 2.16. The maximum absolute atomic E-state index is 5.74. The molecule has 0 saturated carbocycles. The van der Waals surface area contributed by atoms with Crippen LogP contribution in [0.15, 0.2) is 0 Å². The molecule has 2 nitrogen and oxygen atoms in total. The molecule has 0 aliphatic heterocycles. The van der Waals surface area contributed by atoms with E-state index in [2.05, 4.69) is 11.2 Å². The fraction of sp³-hybridized carbons (Fsp3) is 0.375. The van der Waals surface area contributed by atoms with Crippen molar-refractivity contribution in [2.45, 2.75) is 13.8 Å². The molecule has 3 heteroatoms. The third-order valence-electron chi connectivity index (χ3n) is 1.52.